The molecule has 0 spiro atoms. The number of unbranched alkanes of at least 4 members (excludes halogenated alkanes) is 6. The molecule has 1 heterocycles. The second kappa shape index (κ2) is 12.8. The van der Waals surface area contributed by atoms with E-state index in [1.807, 2.05) is 0 Å². The average molecular weight is 324 g/mol. The normalized spacial score (nSPS) is 10.7. The Morgan fingerprint density at radius 2 is 1.04 bits per heavy atom. The average Bonchev–Trinajstić information content (AvgIpc) is 2.53. The Kier molecular flexibility index (Phi) is 10.8. The van der Waals surface area contributed by atoms with Crippen LogP contribution in [0.5, 0.6) is 0 Å². The van der Waals surface area contributed by atoms with Gasteiger partial charge in [0, 0.05) is 13.1 Å². The van der Waals surface area contributed by atoms with Crippen molar-refractivity contribution in [3.05, 3.63) is 0 Å². The molecule has 1 aromatic heterocycles. The number of nitrogen functional groups attached to an aromatic ring is 1. The van der Waals surface area contributed by atoms with Crippen molar-refractivity contribution in [2.24, 2.45) is 11.5 Å². The molecule has 0 aliphatic rings. The highest BCUT2D eigenvalue weighted by Crippen LogP contribution is 2.08. The van der Waals surface area contributed by atoms with E-state index in [1.54, 1.807) is 0 Å². The highest BCUT2D eigenvalue weighted by atomic mass is 15.2. The minimum atomic E-state index is 0.233. The Hall–Kier alpha value is -1.67. The summed E-state index contributed by atoms with van der Waals surface area (Å²) in [7, 11) is 0. The lowest BCUT2D eigenvalue weighted by Crippen LogP contribution is -2.12. The molecule has 0 saturated heterocycles. The lowest BCUT2D eigenvalue weighted by Gasteiger charge is -2.08. The number of nitrogens with two attached hydrogens (primary N) is 3. The van der Waals surface area contributed by atoms with Gasteiger partial charge in [0.05, 0.1) is 0 Å². The molecule has 132 valence electrons. The Bertz CT molecular complexity index is 378. The third kappa shape index (κ3) is 9.85. The van der Waals surface area contributed by atoms with E-state index in [2.05, 4.69) is 25.6 Å². The molecule has 0 fully saturated rings. The molecule has 0 unspecified atom stereocenters. The van der Waals surface area contributed by atoms with E-state index >= 15 is 0 Å². The summed E-state index contributed by atoms with van der Waals surface area (Å²) in [4.78, 5) is 12.6. The SMILES string of the molecule is NCCCCCCNc1nc(N)nc(NCCCCCCN)n1. The summed E-state index contributed by atoms with van der Waals surface area (Å²) in [5.74, 6) is 1.29. The Morgan fingerprint density at radius 1 is 0.609 bits per heavy atom. The van der Waals surface area contributed by atoms with E-state index in [0.29, 0.717) is 11.9 Å². The van der Waals surface area contributed by atoms with Crippen molar-refractivity contribution in [3.8, 4) is 0 Å². The van der Waals surface area contributed by atoms with Gasteiger partial charge in [-0.2, -0.15) is 15.0 Å². The fourth-order valence-corrected chi connectivity index (χ4v) is 2.20. The monoisotopic (exact) mass is 324 g/mol. The van der Waals surface area contributed by atoms with Crippen LogP contribution < -0.4 is 27.8 Å². The zero-order valence-electron chi connectivity index (χ0n) is 14.1. The van der Waals surface area contributed by atoms with Gasteiger partial charge in [-0.15, -0.1) is 0 Å². The minimum Gasteiger partial charge on any atom is -0.368 e. The smallest absolute Gasteiger partial charge is 0.229 e. The summed E-state index contributed by atoms with van der Waals surface area (Å²) >= 11 is 0. The van der Waals surface area contributed by atoms with Crippen LogP contribution in [0.15, 0.2) is 0 Å². The lowest BCUT2D eigenvalue weighted by atomic mass is 10.2. The molecule has 0 saturated carbocycles. The molecule has 1 aromatic rings. The number of hydrogen-bond donors (Lipinski definition) is 5. The molecule has 0 aliphatic carbocycles. The maximum atomic E-state index is 5.73. The van der Waals surface area contributed by atoms with Crippen molar-refractivity contribution in [2.45, 2.75) is 51.4 Å². The molecule has 8 nitrogen and oxygen atoms in total. The number of rotatable bonds is 14. The molecule has 0 atom stereocenters. The van der Waals surface area contributed by atoms with Gasteiger partial charge < -0.3 is 27.8 Å². The number of nitrogens with one attached hydrogen (secondary N) is 2. The van der Waals surface area contributed by atoms with Crippen LogP contribution in [0, 0.1) is 0 Å². The molecule has 0 aliphatic heterocycles. The van der Waals surface area contributed by atoms with Crippen LogP contribution in [0.25, 0.3) is 0 Å². The van der Waals surface area contributed by atoms with Crippen molar-refractivity contribution < 1.29 is 0 Å². The van der Waals surface area contributed by atoms with Gasteiger partial charge in [-0.3, -0.25) is 0 Å². The van der Waals surface area contributed by atoms with E-state index in [9.17, 15) is 0 Å². The van der Waals surface area contributed by atoms with Crippen LogP contribution in [0.3, 0.4) is 0 Å². The van der Waals surface area contributed by atoms with Crippen molar-refractivity contribution in [1.82, 2.24) is 15.0 Å². The maximum Gasteiger partial charge on any atom is 0.229 e. The van der Waals surface area contributed by atoms with Crippen LogP contribution in [-0.4, -0.2) is 41.1 Å². The molecule has 8 N–H and O–H groups in total. The summed E-state index contributed by atoms with van der Waals surface area (Å²) in [6, 6.07) is 0. The zero-order chi connectivity index (χ0) is 16.8. The van der Waals surface area contributed by atoms with Crippen molar-refractivity contribution >= 4 is 17.8 Å². The summed E-state index contributed by atoms with van der Waals surface area (Å²) < 4.78 is 0. The highest BCUT2D eigenvalue weighted by molar-refractivity contribution is 5.39. The topological polar surface area (TPSA) is 141 Å². The number of aromatic nitrogens is 3. The third-order valence-corrected chi connectivity index (χ3v) is 3.48. The third-order valence-electron chi connectivity index (χ3n) is 3.48. The molecule has 8 heteroatoms. The number of anilines is 3. The van der Waals surface area contributed by atoms with E-state index < -0.39 is 0 Å². The molecular weight excluding hydrogens is 292 g/mol. The van der Waals surface area contributed by atoms with Gasteiger partial charge >= 0.3 is 0 Å². The number of hydrogen-bond acceptors (Lipinski definition) is 8. The van der Waals surface area contributed by atoms with Crippen molar-refractivity contribution in [3.63, 3.8) is 0 Å². The first kappa shape index (κ1) is 19.4. The van der Waals surface area contributed by atoms with Gasteiger partial charge in [-0.1, -0.05) is 25.7 Å². The van der Waals surface area contributed by atoms with Gasteiger partial charge in [-0.25, -0.2) is 0 Å². The summed E-state index contributed by atoms with van der Waals surface area (Å²) in [6.07, 6.45) is 8.92. The second-order valence-corrected chi connectivity index (χ2v) is 5.60. The largest absolute Gasteiger partial charge is 0.368 e. The van der Waals surface area contributed by atoms with Crippen LogP contribution in [0.1, 0.15) is 51.4 Å². The summed E-state index contributed by atoms with van der Waals surface area (Å²) in [5.41, 5.74) is 16.7. The molecule has 0 radical (unpaired) electrons. The van der Waals surface area contributed by atoms with E-state index in [1.165, 1.54) is 0 Å². The van der Waals surface area contributed by atoms with E-state index in [0.717, 1.165) is 77.5 Å². The zero-order valence-corrected chi connectivity index (χ0v) is 14.1. The predicted molar refractivity (Wildman–Crippen MR) is 96.3 cm³/mol. The van der Waals surface area contributed by atoms with Gasteiger partial charge in [-0.05, 0) is 38.8 Å². The van der Waals surface area contributed by atoms with E-state index in [4.69, 9.17) is 17.2 Å². The molecule has 0 bridgehead atoms. The molecule has 1 rings (SSSR count). The van der Waals surface area contributed by atoms with Crippen LogP contribution in [0.2, 0.25) is 0 Å². The first-order valence-electron chi connectivity index (χ1n) is 8.65. The molecule has 23 heavy (non-hydrogen) atoms. The summed E-state index contributed by atoms with van der Waals surface area (Å²) in [5, 5.41) is 6.39. The predicted octanol–water partition coefficient (Wildman–Crippen LogP) is 1.32. The van der Waals surface area contributed by atoms with Gasteiger partial charge in [0.25, 0.3) is 0 Å². The highest BCUT2D eigenvalue weighted by Gasteiger charge is 2.03. The first-order chi connectivity index (χ1) is 11.3. The van der Waals surface area contributed by atoms with Crippen molar-refractivity contribution in [2.75, 3.05) is 42.5 Å². The summed E-state index contributed by atoms with van der Waals surface area (Å²) in [6.45, 7) is 3.18. The molecule has 0 amide bonds. The number of nitrogens with zero attached hydrogens (tertiary/aromatic N) is 3. The Morgan fingerprint density at radius 3 is 1.48 bits per heavy atom. The van der Waals surface area contributed by atoms with Gasteiger partial charge in [0.1, 0.15) is 0 Å². The lowest BCUT2D eigenvalue weighted by molar-refractivity contribution is 0.658. The quantitative estimate of drug-likeness (QED) is 0.323. The van der Waals surface area contributed by atoms with E-state index in [-0.39, 0.29) is 5.95 Å². The van der Waals surface area contributed by atoms with Gasteiger partial charge in [0.15, 0.2) is 0 Å². The molecule has 0 aromatic carbocycles. The van der Waals surface area contributed by atoms with Crippen molar-refractivity contribution in [1.29, 1.82) is 0 Å². The molecular formula is C15H32N8. The standard InChI is InChI=1S/C15H32N8/c16-9-5-1-3-7-11-19-14-21-13(18)22-15(23-14)20-12-8-4-2-6-10-17/h1-12,16-17H2,(H4,18,19,20,21,22,23). The van der Waals surface area contributed by atoms with Crippen LogP contribution in [0.4, 0.5) is 17.8 Å². The van der Waals surface area contributed by atoms with Gasteiger partial charge in [0.2, 0.25) is 17.8 Å². The minimum absolute atomic E-state index is 0.233. The fraction of sp³-hybridized carbons (Fsp3) is 0.800. The van der Waals surface area contributed by atoms with Crippen LogP contribution in [-0.2, 0) is 0 Å². The van der Waals surface area contributed by atoms with Crippen LogP contribution >= 0.6 is 0 Å². The first-order valence-corrected chi connectivity index (χ1v) is 8.65. The Labute approximate surface area is 139 Å². The Balaban J connectivity index is 2.25. The maximum absolute atomic E-state index is 5.73. The second-order valence-electron chi connectivity index (χ2n) is 5.60. The fourth-order valence-electron chi connectivity index (χ4n) is 2.20.